The molecule has 1 aliphatic heterocycles. The summed E-state index contributed by atoms with van der Waals surface area (Å²) in [4.78, 5) is 3.41. The van der Waals surface area contributed by atoms with Gasteiger partial charge < -0.3 is 14.2 Å². The first-order chi connectivity index (χ1) is 12.5. The van der Waals surface area contributed by atoms with Crippen molar-refractivity contribution in [1.82, 2.24) is 0 Å². The zero-order valence-electron chi connectivity index (χ0n) is 13.6. The minimum atomic E-state index is -5.00. The first kappa shape index (κ1) is 19.9. The Morgan fingerprint density at radius 2 is 1.48 bits per heavy atom. The molecule has 0 N–H and O–H groups in total. The number of nitrogens with zero attached hydrogens (tertiary/aromatic N) is 1. The SMILES string of the molecule is Cc1ccc(O/C(=N/C2(C(Cl)(Cl)Cl)Oc3ccccc3O2)C(F)(F)F)cc1. The maximum absolute atomic E-state index is 13.5. The third-order valence-electron chi connectivity index (χ3n) is 3.43. The number of aliphatic imine (C=N–C) groups is 1. The molecule has 0 aromatic heterocycles. The van der Waals surface area contributed by atoms with Gasteiger partial charge in [-0.05, 0) is 31.2 Å². The van der Waals surface area contributed by atoms with Crippen molar-refractivity contribution in [3.63, 3.8) is 0 Å². The molecule has 0 fully saturated rings. The van der Waals surface area contributed by atoms with Gasteiger partial charge in [-0.1, -0.05) is 64.6 Å². The Balaban J connectivity index is 2.04. The van der Waals surface area contributed by atoms with Crippen molar-refractivity contribution in [3.05, 3.63) is 54.1 Å². The van der Waals surface area contributed by atoms with Crippen LogP contribution in [0.4, 0.5) is 13.2 Å². The molecule has 0 spiro atoms. The predicted octanol–water partition coefficient (Wildman–Crippen LogP) is 5.83. The van der Waals surface area contributed by atoms with Crippen molar-refractivity contribution in [2.45, 2.75) is 22.8 Å². The maximum atomic E-state index is 13.5. The van der Waals surface area contributed by atoms with E-state index in [0.717, 1.165) is 5.56 Å². The minimum Gasteiger partial charge on any atom is -0.435 e. The lowest BCUT2D eigenvalue weighted by Crippen LogP contribution is -2.51. The quantitative estimate of drug-likeness (QED) is 0.335. The molecule has 4 nitrogen and oxygen atoms in total. The van der Waals surface area contributed by atoms with Gasteiger partial charge in [-0.25, -0.2) is 0 Å². The van der Waals surface area contributed by atoms with E-state index < -0.39 is 21.8 Å². The molecule has 10 heteroatoms. The van der Waals surface area contributed by atoms with Gasteiger partial charge in [0.15, 0.2) is 11.5 Å². The highest BCUT2D eigenvalue weighted by Crippen LogP contribution is 2.50. The van der Waals surface area contributed by atoms with Crippen LogP contribution in [-0.4, -0.2) is 21.8 Å². The van der Waals surface area contributed by atoms with Crippen LogP contribution < -0.4 is 14.2 Å². The van der Waals surface area contributed by atoms with Crippen LogP contribution >= 0.6 is 34.8 Å². The largest absolute Gasteiger partial charge is 0.468 e. The second kappa shape index (κ2) is 6.96. The first-order valence-corrected chi connectivity index (χ1v) is 8.59. The molecule has 0 radical (unpaired) electrons. The van der Waals surface area contributed by atoms with E-state index in [0.29, 0.717) is 0 Å². The molecule has 0 aliphatic carbocycles. The van der Waals surface area contributed by atoms with E-state index in [9.17, 15) is 13.2 Å². The maximum Gasteiger partial charge on any atom is 0.468 e. The number of hydrogen-bond acceptors (Lipinski definition) is 4. The molecule has 3 rings (SSSR count). The number of rotatable bonds is 2. The summed E-state index contributed by atoms with van der Waals surface area (Å²) in [5.41, 5.74) is 0.837. The summed E-state index contributed by atoms with van der Waals surface area (Å²) < 4.78 is 53.7. The van der Waals surface area contributed by atoms with Crippen LogP contribution in [0.1, 0.15) is 5.56 Å². The number of para-hydroxylation sites is 2. The molecule has 0 saturated carbocycles. The fourth-order valence-corrected chi connectivity index (χ4v) is 2.52. The van der Waals surface area contributed by atoms with Gasteiger partial charge in [0.25, 0.3) is 3.79 Å². The van der Waals surface area contributed by atoms with Gasteiger partial charge in [0.2, 0.25) is 0 Å². The van der Waals surface area contributed by atoms with Crippen LogP contribution in [0.2, 0.25) is 0 Å². The van der Waals surface area contributed by atoms with E-state index in [1.165, 1.54) is 24.3 Å². The van der Waals surface area contributed by atoms with Crippen molar-refractivity contribution in [2.75, 3.05) is 0 Å². The second-order valence-corrected chi connectivity index (χ2v) is 7.84. The molecular formula is C17H11Cl3F3NO3. The Bertz CT molecular complexity index is 839. The summed E-state index contributed by atoms with van der Waals surface area (Å²) in [5, 5.41) is 0. The van der Waals surface area contributed by atoms with E-state index >= 15 is 0 Å². The molecule has 1 aliphatic rings. The molecule has 2 aromatic rings. The van der Waals surface area contributed by atoms with Crippen LogP contribution in [0, 0.1) is 6.92 Å². The zero-order valence-corrected chi connectivity index (χ0v) is 15.8. The molecule has 2 aromatic carbocycles. The number of ether oxygens (including phenoxy) is 3. The lowest BCUT2D eigenvalue weighted by Gasteiger charge is -2.30. The smallest absolute Gasteiger partial charge is 0.435 e. The molecular weight excluding hydrogens is 430 g/mol. The van der Waals surface area contributed by atoms with Crippen molar-refractivity contribution in [3.8, 4) is 17.2 Å². The van der Waals surface area contributed by atoms with E-state index in [-0.39, 0.29) is 17.2 Å². The van der Waals surface area contributed by atoms with Gasteiger partial charge in [-0.15, -0.1) is 0 Å². The Morgan fingerprint density at radius 1 is 0.963 bits per heavy atom. The third kappa shape index (κ3) is 4.20. The Morgan fingerprint density at radius 3 is 1.93 bits per heavy atom. The van der Waals surface area contributed by atoms with Gasteiger partial charge in [-0.2, -0.15) is 18.2 Å². The highest BCUT2D eigenvalue weighted by Gasteiger charge is 2.60. The van der Waals surface area contributed by atoms with Crippen LogP contribution in [0.3, 0.4) is 0 Å². The Labute approximate surface area is 167 Å². The fourth-order valence-electron chi connectivity index (χ4n) is 2.16. The van der Waals surface area contributed by atoms with Crippen LogP contribution in [0.5, 0.6) is 17.2 Å². The average molecular weight is 441 g/mol. The molecule has 0 atom stereocenters. The topological polar surface area (TPSA) is 40.0 Å². The number of fused-ring (bicyclic) bond motifs is 1. The molecule has 0 unspecified atom stereocenters. The van der Waals surface area contributed by atoms with E-state index in [1.54, 1.807) is 31.2 Å². The monoisotopic (exact) mass is 439 g/mol. The van der Waals surface area contributed by atoms with E-state index in [2.05, 4.69) is 4.99 Å². The lowest BCUT2D eigenvalue weighted by atomic mass is 10.2. The third-order valence-corrected chi connectivity index (χ3v) is 4.15. The number of hydrogen-bond donors (Lipinski definition) is 0. The van der Waals surface area contributed by atoms with Gasteiger partial charge in [-0.3, -0.25) is 0 Å². The minimum absolute atomic E-state index is 0.0736. The summed E-state index contributed by atoms with van der Waals surface area (Å²) in [5.74, 6) is -4.26. The van der Waals surface area contributed by atoms with Gasteiger partial charge in [0.1, 0.15) is 5.75 Å². The molecule has 27 heavy (non-hydrogen) atoms. The van der Waals surface area contributed by atoms with Gasteiger partial charge >= 0.3 is 18.0 Å². The van der Waals surface area contributed by atoms with E-state index in [4.69, 9.17) is 49.0 Å². The highest BCUT2D eigenvalue weighted by atomic mass is 35.6. The number of aryl methyl sites for hydroxylation is 1. The molecule has 144 valence electrons. The first-order valence-electron chi connectivity index (χ1n) is 7.45. The molecule has 0 amide bonds. The number of halogens is 6. The highest BCUT2D eigenvalue weighted by molar-refractivity contribution is 6.68. The van der Waals surface area contributed by atoms with Gasteiger partial charge in [0.05, 0.1) is 0 Å². The van der Waals surface area contributed by atoms with Crippen molar-refractivity contribution >= 4 is 40.7 Å². The van der Waals surface area contributed by atoms with Crippen molar-refractivity contribution in [2.24, 2.45) is 4.99 Å². The van der Waals surface area contributed by atoms with E-state index in [1.807, 2.05) is 0 Å². The zero-order chi connectivity index (χ0) is 19.9. The summed E-state index contributed by atoms with van der Waals surface area (Å²) in [6, 6.07) is 11.9. The second-order valence-electron chi connectivity index (χ2n) is 5.56. The van der Waals surface area contributed by atoms with Crippen LogP contribution in [0.15, 0.2) is 53.5 Å². The standard InChI is InChI=1S/C17H11Cl3F3NO3/c1-10-6-8-11(9-7-10)25-14(15(21,22)23)24-17(16(18,19)20)26-12-4-2-3-5-13(12)27-17/h2-9H,1H3/b24-14+. The molecule has 0 saturated heterocycles. The van der Waals surface area contributed by atoms with Crippen molar-refractivity contribution in [1.29, 1.82) is 0 Å². The molecule has 1 heterocycles. The van der Waals surface area contributed by atoms with Crippen molar-refractivity contribution < 1.29 is 27.4 Å². The summed E-state index contributed by atoms with van der Waals surface area (Å²) in [7, 11) is 0. The van der Waals surface area contributed by atoms with Crippen LogP contribution in [-0.2, 0) is 0 Å². The lowest BCUT2D eigenvalue weighted by molar-refractivity contribution is -0.0911. The fraction of sp³-hybridized carbons (Fsp3) is 0.235. The van der Waals surface area contributed by atoms with Gasteiger partial charge in [0, 0.05) is 0 Å². The summed E-state index contributed by atoms with van der Waals surface area (Å²) in [6.45, 7) is 1.78. The summed E-state index contributed by atoms with van der Waals surface area (Å²) >= 11 is 17.6. The normalized spacial score (nSPS) is 16.3. The Hall–Kier alpha value is -1.83. The Kier molecular flexibility index (Phi) is 5.14. The summed E-state index contributed by atoms with van der Waals surface area (Å²) in [6.07, 6.45) is -5.00. The number of benzene rings is 2. The predicted molar refractivity (Wildman–Crippen MR) is 96.0 cm³/mol. The average Bonchev–Trinajstić information content (AvgIpc) is 2.95. The molecule has 0 bridgehead atoms. The van der Waals surface area contributed by atoms with Crippen LogP contribution in [0.25, 0.3) is 0 Å². The number of alkyl halides is 6.